The molecule has 1 aliphatic carbocycles. The van der Waals surface area contributed by atoms with Gasteiger partial charge in [-0.05, 0) is 39.7 Å². The first-order chi connectivity index (χ1) is 8.54. The Morgan fingerprint density at radius 1 is 1.28 bits per heavy atom. The second kappa shape index (κ2) is 7.46. The van der Waals surface area contributed by atoms with E-state index in [2.05, 4.69) is 39.9 Å². The van der Waals surface area contributed by atoms with Crippen molar-refractivity contribution in [1.82, 2.24) is 5.32 Å². The van der Waals surface area contributed by atoms with Crippen LogP contribution < -0.4 is 5.32 Å². The molecule has 1 N–H and O–H groups in total. The predicted octanol–water partition coefficient (Wildman–Crippen LogP) is 2.98. The van der Waals surface area contributed by atoms with Crippen molar-refractivity contribution in [2.45, 2.75) is 72.1 Å². The maximum atomic E-state index is 5.98. The van der Waals surface area contributed by atoms with Gasteiger partial charge in [-0.1, -0.05) is 20.8 Å². The molecule has 108 valence electrons. The molecule has 3 heteroatoms. The van der Waals surface area contributed by atoms with E-state index in [1.165, 1.54) is 12.8 Å². The minimum absolute atomic E-state index is 0.298. The van der Waals surface area contributed by atoms with Crippen LogP contribution in [-0.4, -0.2) is 38.0 Å². The van der Waals surface area contributed by atoms with Crippen molar-refractivity contribution < 1.29 is 9.47 Å². The molecule has 0 aliphatic heterocycles. The molecular weight excluding hydrogens is 226 g/mol. The Hall–Kier alpha value is -0.120. The van der Waals surface area contributed by atoms with Crippen molar-refractivity contribution in [3.63, 3.8) is 0 Å². The summed E-state index contributed by atoms with van der Waals surface area (Å²) in [5.74, 6) is 0. The lowest BCUT2D eigenvalue weighted by Crippen LogP contribution is -2.62. The maximum absolute atomic E-state index is 5.98. The molecule has 0 aromatic carbocycles. The molecule has 1 fully saturated rings. The third-order valence-corrected chi connectivity index (χ3v) is 4.24. The Balaban J connectivity index is 2.26. The summed E-state index contributed by atoms with van der Waals surface area (Å²) >= 11 is 0. The molecule has 0 saturated heterocycles. The fraction of sp³-hybridized carbons (Fsp3) is 1.00. The predicted molar refractivity (Wildman–Crippen MR) is 75.9 cm³/mol. The largest absolute Gasteiger partial charge is 0.376 e. The van der Waals surface area contributed by atoms with Gasteiger partial charge >= 0.3 is 0 Å². The molecule has 1 rings (SSSR count). The van der Waals surface area contributed by atoms with E-state index in [0.717, 1.165) is 19.6 Å². The highest BCUT2D eigenvalue weighted by Gasteiger charge is 2.50. The van der Waals surface area contributed by atoms with Crippen molar-refractivity contribution in [1.29, 1.82) is 0 Å². The zero-order chi connectivity index (χ0) is 13.6. The van der Waals surface area contributed by atoms with E-state index in [9.17, 15) is 0 Å². The molecule has 18 heavy (non-hydrogen) atoms. The molecule has 3 unspecified atom stereocenters. The van der Waals surface area contributed by atoms with E-state index < -0.39 is 0 Å². The molecule has 0 aromatic heterocycles. The van der Waals surface area contributed by atoms with Gasteiger partial charge in [0.05, 0.1) is 25.4 Å². The average Bonchev–Trinajstić information content (AvgIpc) is 2.34. The molecule has 0 amide bonds. The molecule has 0 spiro atoms. The van der Waals surface area contributed by atoms with Gasteiger partial charge in [0, 0.05) is 11.5 Å². The molecule has 1 saturated carbocycles. The minimum atomic E-state index is 0.298. The summed E-state index contributed by atoms with van der Waals surface area (Å²) in [6.45, 7) is 13.5. The lowest BCUT2D eigenvalue weighted by atomic mass is 9.61. The molecule has 0 bridgehead atoms. The summed E-state index contributed by atoms with van der Waals surface area (Å²) < 4.78 is 11.5. The second-order valence-corrected chi connectivity index (χ2v) is 5.88. The van der Waals surface area contributed by atoms with E-state index in [1.54, 1.807) is 0 Å². The van der Waals surface area contributed by atoms with Crippen LogP contribution >= 0.6 is 0 Å². The smallest absolute Gasteiger partial charge is 0.0704 e. The molecule has 0 heterocycles. The minimum Gasteiger partial charge on any atom is -0.376 e. The second-order valence-electron chi connectivity index (χ2n) is 5.88. The SMILES string of the molecule is CCCNC1CC(OCCOC(C)C)C1(C)CC. The fourth-order valence-corrected chi connectivity index (χ4v) is 2.66. The summed E-state index contributed by atoms with van der Waals surface area (Å²) in [6.07, 6.45) is 4.21. The van der Waals surface area contributed by atoms with E-state index in [0.29, 0.717) is 30.3 Å². The third kappa shape index (κ3) is 3.94. The fourth-order valence-electron chi connectivity index (χ4n) is 2.66. The van der Waals surface area contributed by atoms with Crippen LogP contribution in [0.4, 0.5) is 0 Å². The number of hydrogen-bond acceptors (Lipinski definition) is 3. The molecule has 1 aliphatic rings. The lowest BCUT2D eigenvalue weighted by Gasteiger charge is -2.54. The Bertz CT molecular complexity index is 233. The van der Waals surface area contributed by atoms with Crippen molar-refractivity contribution in [3.05, 3.63) is 0 Å². The van der Waals surface area contributed by atoms with E-state index in [1.807, 2.05) is 0 Å². The van der Waals surface area contributed by atoms with E-state index in [-0.39, 0.29) is 0 Å². The van der Waals surface area contributed by atoms with Crippen LogP contribution in [0.15, 0.2) is 0 Å². The van der Waals surface area contributed by atoms with Crippen LogP contribution in [0.1, 0.15) is 53.9 Å². The molecular formula is C15H31NO2. The summed E-state index contributed by atoms with van der Waals surface area (Å²) in [6, 6.07) is 0.624. The van der Waals surface area contributed by atoms with Crippen molar-refractivity contribution in [2.75, 3.05) is 19.8 Å². The lowest BCUT2D eigenvalue weighted by molar-refractivity contribution is -0.139. The van der Waals surface area contributed by atoms with Gasteiger partial charge in [0.25, 0.3) is 0 Å². The van der Waals surface area contributed by atoms with Crippen LogP contribution in [0.3, 0.4) is 0 Å². The summed E-state index contributed by atoms with van der Waals surface area (Å²) in [7, 11) is 0. The number of rotatable bonds is 9. The molecule has 0 aromatic rings. The average molecular weight is 257 g/mol. The third-order valence-electron chi connectivity index (χ3n) is 4.24. The highest BCUT2D eigenvalue weighted by Crippen LogP contribution is 2.45. The van der Waals surface area contributed by atoms with Crippen molar-refractivity contribution in [2.24, 2.45) is 5.41 Å². The highest BCUT2D eigenvalue weighted by atomic mass is 16.5. The molecule has 3 nitrogen and oxygen atoms in total. The van der Waals surface area contributed by atoms with Gasteiger partial charge < -0.3 is 14.8 Å². The van der Waals surface area contributed by atoms with Gasteiger partial charge in [0.15, 0.2) is 0 Å². The Labute approximate surface area is 113 Å². The number of nitrogens with one attached hydrogen (secondary N) is 1. The summed E-state index contributed by atoms with van der Waals surface area (Å²) in [5.41, 5.74) is 0.299. The van der Waals surface area contributed by atoms with Crippen LogP contribution in [0, 0.1) is 5.41 Å². The maximum Gasteiger partial charge on any atom is 0.0704 e. The van der Waals surface area contributed by atoms with Crippen LogP contribution in [-0.2, 0) is 9.47 Å². The first-order valence-corrected chi connectivity index (χ1v) is 7.51. The van der Waals surface area contributed by atoms with E-state index in [4.69, 9.17) is 9.47 Å². The summed E-state index contributed by atoms with van der Waals surface area (Å²) in [4.78, 5) is 0. The van der Waals surface area contributed by atoms with Crippen molar-refractivity contribution in [3.8, 4) is 0 Å². The van der Waals surface area contributed by atoms with Gasteiger partial charge in [-0.15, -0.1) is 0 Å². The van der Waals surface area contributed by atoms with Crippen LogP contribution in [0.2, 0.25) is 0 Å². The van der Waals surface area contributed by atoms with Crippen LogP contribution in [0.5, 0.6) is 0 Å². The van der Waals surface area contributed by atoms with Gasteiger partial charge in [-0.3, -0.25) is 0 Å². The first kappa shape index (κ1) is 15.9. The van der Waals surface area contributed by atoms with E-state index >= 15 is 0 Å². The topological polar surface area (TPSA) is 30.5 Å². The highest BCUT2D eigenvalue weighted by molar-refractivity contribution is 5.04. The Morgan fingerprint density at radius 2 is 2.00 bits per heavy atom. The van der Waals surface area contributed by atoms with Crippen molar-refractivity contribution >= 4 is 0 Å². The van der Waals surface area contributed by atoms with Gasteiger partial charge in [-0.2, -0.15) is 0 Å². The quantitative estimate of drug-likeness (QED) is 0.644. The van der Waals surface area contributed by atoms with Crippen LogP contribution in [0.25, 0.3) is 0 Å². The number of hydrogen-bond donors (Lipinski definition) is 1. The zero-order valence-corrected chi connectivity index (χ0v) is 12.8. The number of ether oxygens (including phenoxy) is 2. The first-order valence-electron chi connectivity index (χ1n) is 7.51. The van der Waals surface area contributed by atoms with Gasteiger partial charge in [0.2, 0.25) is 0 Å². The zero-order valence-electron chi connectivity index (χ0n) is 12.8. The monoisotopic (exact) mass is 257 g/mol. The van der Waals surface area contributed by atoms with Gasteiger partial charge in [0.1, 0.15) is 0 Å². The molecule has 0 radical (unpaired) electrons. The van der Waals surface area contributed by atoms with Gasteiger partial charge in [-0.25, -0.2) is 0 Å². The standard InChI is InChI=1S/C15H31NO2/c1-6-8-16-13-11-14(15(13,5)7-2)18-10-9-17-12(3)4/h12-14,16H,6-11H2,1-5H3. The Morgan fingerprint density at radius 3 is 2.56 bits per heavy atom. The molecule has 3 atom stereocenters. The normalized spacial score (nSPS) is 31.7. The summed E-state index contributed by atoms with van der Waals surface area (Å²) in [5, 5.41) is 3.64. The Kier molecular flexibility index (Phi) is 6.61.